The third kappa shape index (κ3) is 2.56. The molecule has 17 heavy (non-hydrogen) atoms. The van der Waals surface area contributed by atoms with Gasteiger partial charge in [0, 0.05) is 23.5 Å². The van der Waals surface area contributed by atoms with Gasteiger partial charge in [-0.25, -0.2) is 4.39 Å². The molecule has 3 heteroatoms. The quantitative estimate of drug-likeness (QED) is 0.741. The number of halogens is 1. The van der Waals surface area contributed by atoms with E-state index in [1.54, 1.807) is 25.3 Å². The number of ketones is 1. The Morgan fingerprint density at radius 1 is 1.00 bits per heavy atom. The van der Waals surface area contributed by atoms with Gasteiger partial charge in [0.25, 0.3) is 0 Å². The fraction of sp³-hybridized carbons (Fsp3) is 0.143. The van der Waals surface area contributed by atoms with E-state index in [2.05, 4.69) is 4.98 Å². The number of carbonyl (C=O) groups is 1. The second-order valence-corrected chi connectivity index (χ2v) is 4.10. The summed E-state index contributed by atoms with van der Waals surface area (Å²) < 4.78 is 13.2. The zero-order chi connectivity index (χ0) is 12.4. The maximum Gasteiger partial charge on any atom is 0.194 e. The maximum atomic E-state index is 13.2. The van der Waals surface area contributed by atoms with Crippen molar-refractivity contribution in [3.05, 3.63) is 64.7 Å². The molecule has 0 aliphatic carbocycles. The molecule has 0 aliphatic rings. The van der Waals surface area contributed by atoms with Gasteiger partial charge in [0.05, 0.1) is 0 Å². The van der Waals surface area contributed by atoms with E-state index in [0.29, 0.717) is 11.1 Å². The molecular weight excluding hydrogens is 217 g/mol. The second kappa shape index (κ2) is 4.45. The molecule has 0 radical (unpaired) electrons. The van der Waals surface area contributed by atoms with Crippen LogP contribution >= 0.6 is 0 Å². The Morgan fingerprint density at radius 2 is 1.71 bits per heavy atom. The van der Waals surface area contributed by atoms with Gasteiger partial charge < -0.3 is 0 Å². The highest BCUT2D eigenvalue weighted by atomic mass is 19.1. The van der Waals surface area contributed by atoms with Crippen LogP contribution in [0.2, 0.25) is 0 Å². The summed E-state index contributed by atoms with van der Waals surface area (Å²) in [5.41, 5.74) is 2.47. The third-order valence-electron chi connectivity index (χ3n) is 2.44. The molecule has 0 aliphatic heterocycles. The predicted molar refractivity (Wildman–Crippen MR) is 63.5 cm³/mol. The number of rotatable bonds is 2. The molecule has 1 aromatic heterocycles. The molecule has 0 unspecified atom stereocenters. The highest BCUT2D eigenvalue weighted by molar-refractivity contribution is 6.08. The summed E-state index contributed by atoms with van der Waals surface area (Å²) in [6, 6.07) is 6.06. The normalized spacial score (nSPS) is 10.3. The van der Waals surface area contributed by atoms with Crippen LogP contribution in [-0.2, 0) is 0 Å². The van der Waals surface area contributed by atoms with Crippen LogP contribution in [0.25, 0.3) is 0 Å². The summed E-state index contributed by atoms with van der Waals surface area (Å²) in [7, 11) is 0. The van der Waals surface area contributed by atoms with Crippen LogP contribution in [0.3, 0.4) is 0 Å². The molecule has 1 aromatic carbocycles. The van der Waals surface area contributed by atoms with E-state index in [9.17, 15) is 9.18 Å². The molecule has 0 saturated heterocycles. The Kier molecular flexibility index (Phi) is 3.00. The van der Waals surface area contributed by atoms with E-state index in [1.807, 2.05) is 6.92 Å². The van der Waals surface area contributed by atoms with Gasteiger partial charge in [-0.15, -0.1) is 0 Å². The first-order valence-electron chi connectivity index (χ1n) is 5.30. The van der Waals surface area contributed by atoms with Crippen molar-refractivity contribution in [2.75, 3.05) is 0 Å². The van der Waals surface area contributed by atoms with Crippen LogP contribution < -0.4 is 0 Å². The molecule has 2 rings (SSSR count). The molecule has 0 spiro atoms. The highest BCUT2D eigenvalue weighted by Crippen LogP contribution is 2.13. The number of benzene rings is 1. The molecule has 0 saturated carbocycles. The summed E-state index contributed by atoms with van der Waals surface area (Å²) in [5.74, 6) is -0.599. The lowest BCUT2D eigenvalue weighted by Gasteiger charge is -2.03. The Bertz CT molecular complexity index is 558. The van der Waals surface area contributed by atoms with Gasteiger partial charge in [0.2, 0.25) is 0 Å². The van der Waals surface area contributed by atoms with E-state index in [1.165, 1.54) is 18.3 Å². The van der Waals surface area contributed by atoms with Gasteiger partial charge in [0.1, 0.15) is 5.82 Å². The lowest BCUT2D eigenvalue weighted by molar-refractivity contribution is 0.103. The minimum absolute atomic E-state index is 0.205. The Balaban J connectivity index is 2.43. The van der Waals surface area contributed by atoms with E-state index >= 15 is 0 Å². The minimum Gasteiger partial charge on any atom is -0.289 e. The van der Waals surface area contributed by atoms with Gasteiger partial charge in [0.15, 0.2) is 5.78 Å². The number of aryl methyl sites for hydroxylation is 2. The van der Waals surface area contributed by atoms with Crippen molar-refractivity contribution in [2.24, 2.45) is 0 Å². The van der Waals surface area contributed by atoms with Crippen molar-refractivity contribution in [3.63, 3.8) is 0 Å². The fourth-order valence-electron chi connectivity index (χ4n) is 1.71. The number of hydrogen-bond donors (Lipinski definition) is 0. The van der Waals surface area contributed by atoms with Crippen molar-refractivity contribution >= 4 is 5.78 Å². The first kappa shape index (κ1) is 11.5. The van der Waals surface area contributed by atoms with Gasteiger partial charge in [-0.1, -0.05) is 0 Å². The number of hydrogen-bond acceptors (Lipinski definition) is 2. The molecule has 0 amide bonds. The van der Waals surface area contributed by atoms with Crippen LogP contribution in [0.5, 0.6) is 0 Å². The highest BCUT2D eigenvalue weighted by Gasteiger charge is 2.11. The Hall–Kier alpha value is -2.03. The summed E-state index contributed by atoms with van der Waals surface area (Å²) in [6.07, 6.45) is 3.17. The number of nitrogens with zero attached hydrogens (tertiary/aromatic N) is 1. The van der Waals surface area contributed by atoms with Crippen LogP contribution in [0.4, 0.5) is 4.39 Å². The Morgan fingerprint density at radius 3 is 2.35 bits per heavy atom. The average molecular weight is 229 g/mol. The van der Waals surface area contributed by atoms with E-state index in [4.69, 9.17) is 0 Å². The number of carbonyl (C=O) groups excluding carboxylic acids is 1. The maximum absolute atomic E-state index is 13.2. The molecule has 0 atom stereocenters. The van der Waals surface area contributed by atoms with Crippen LogP contribution in [0.1, 0.15) is 27.0 Å². The molecule has 2 nitrogen and oxygen atoms in total. The summed E-state index contributed by atoms with van der Waals surface area (Å²) in [4.78, 5) is 16.1. The third-order valence-corrected chi connectivity index (χ3v) is 2.44. The van der Waals surface area contributed by atoms with E-state index in [-0.39, 0.29) is 5.78 Å². The minimum atomic E-state index is -0.394. The van der Waals surface area contributed by atoms with Gasteiger partial charge >= 0.3 is 0 Å². The fourth-order valence-corrected chi connectivity index (χ4v) is 1.71. The first-order valence-corrected chi connectivity index (χ1v) is 5.30. The zero-order valence-electron chi connectivity index (χ0n) is 9.70. The van der Waals surface area contributed by atoms with Crippen molar-refractivity contribution in [2.45, 2.75) is 13.8 Å². The van der Waals surface area contributed by atoms with Gasteiger partial charge in [-0.3, -0.25) is 9.78 Å². The predicted octanol–water partition coefficient (Wildman–Crippen LogP) is 3.07. The van der Waals surface area contributed by atoms with E-state index < -0.39 is 5.82 Å². The molecule has 0 fully saturated rings. The van der Waals surface area contributed by atoms with Crippen LogP contribution in [-0.4, -0.2) is 10.8 Å². The largest absolute Gasteiger partial charge is 0.289 e. The van der Waals surface area contributed by atoms with Gasteiger partial charge in [-0.05, 0) is 49.2 Å². The molecular formula is C14H12FNO. The smallest absolute Gasteiger partial charge is 0.194 e. The Labute approximate surface area is 99.1 Å². The summed E-state index contributed by atoms with van der Waals surface area (Å²) in [6.45, 7) is 3.62. The average Bonchev–Trinajstić information content (AvgIpc) is 2.26. The lowest BCUT2D eigenvalue weighted by Crippen LogP contribution is -2.03. The van der Waals surface area contributed by atoms with Crippen LogP contribution in [0.15, 0.2) is 36.7 Å². The molecule has 0 bridgehead atoms. The molecule has 0 N–H and O–H groups in total. The van der Waals surface area contributed by atoms with Crippen molar-refractivity contribution in [1.29, 1.82) is 0 Å². The molecule has 2 aromatic rings. The number of aromatic nitrogens is 1. The van der Waals surface area contributed by atoms with Gasteiger partial charge in [-0.2, -0.15) is 0 Å². The molecule has 86 valence electrons. The number of pyridine rings is 1. The lowest BCUT2D eigenvalue weighted by atomic mass is 10.0. The first-order chi connectivity index (χ1) is 8.06. The SMILES string of the molecule is Cc1cncc(C(=O)c2cc(C)cc(F)c2)c1. The summed E-state index contributed by atoms with van der Waals surface area (Å²) >= 11 is 0. The topological polar surface area (TPSA) is 30.0 Å². The monoisotopic (exact) mass is 229 g/mol. The van der Waals surface area contributed by atoms with Crippen LogP contribution in [0, 0.1) is 19.7 Å². The standard InChI is InChI=1S/C14H12FNO/c1-9-3-11(6-13(15)5-9)14(17)12-4-10(2)7-16-8-12/h3-8H,1-2H3. The zero-order valence-corrected chi connectivity index (χ0v) is 9.70. The molecule has 1 heterocycles. The van der Waals surface area contributed by atoms with Crippen molar-refractivity contribution < 1.29 is 9.18 Å². The van der Waals surface area contributed by atoms with E-state index in [0.717, 1.165) is 11.1 Å². The van der Waals surface area contributed by atoms with Crippen molar-refractivity contribution in [1.82, 2.24) is 4.98 Å². The van der Waals surface area contributed by atoms with Crippen molar-refractivity contribution in [3.8, 4) is 0 Å². The second-order valence-electron chi connectivity index (χ2n) is 4.10. The summed E-state index contributed by atoms with van der Waals surface area (Å²) in [5, 5.41) is 0.